The molecule has 2 heterocycles. The third-order valence-corrected chi connectivity index (χ3v) is 7.19. The van der Waals surface area contributed by atoms with Crippen LogP contribution in [-0.2, 0) is 16.6 Å². The molecule has 2 fully saturated rings. The number of benzene rings is 1. The molecule has 0 amide bonds. The van der Waals surface area contributed by atoms with E-state index < -0.39 is 11.0 Å². The Kier molecular flexibility index (Phi) is 3.13. The minimum absolute atomic E-state index is 0.0474. The molecule has 0 radical (unpaired) electrons. The van der Waals surface area contributed by atoms with E-state index in [2.05, 4.69) is 11.5 Å². The van der Waals surface area contributed by atoms with Crippen LogP contribution in [0.3, 0.4) is 0 Å². The molecular weight excluding hydrogens is 318 g/mol. The topological polar surface area (TPSA) is 62.2 Å². The highest BCUT2D eigenvalue weighted by Crippen LogP contribution is 2.65. The molecule has 1 saturated heterocycles. The number of phenols is 1. The largest absolute Gasteiger partial charge is 0.504 e. The van der Waals surface area contributed by atoms with Crippen molar-refractivity contribution in [1.29, 1.82) is 0 Å². The first-order valence-corrected chi connectivity index (χ1v) is 9.19. The Morgan fingerprint density at radius 1 is 1.44 bits per heavy atom. The van der Waals surface area contributed by atoms with Crippen molar-refractivity contribution >= 4 is 0 Å². The molecule has 2 aliphatic heterocycles. The van der Waals surface area contributed by atoms with Gasteiger partial charge in [0.15, 0.2) is 11.5 Å². The number of phenolic OH excluding ortho intramolecular Hbond substituents is 1. The molecular formula is C20H25NO4. The fraction of sp³-hybridized carbons (Fsp3) is 0.600. The summed E-state index contributed by atoms with van der Waals surface area (Å²) in [5.41, 5.74) is 0.877. The van der Waals surface area contributed by atoms with Crippen LogP contribution in [0.4, 0.5) is 0 Å². The van der Waals surface area contributed by atoms with Gasteiger partial charge in [0, 0.05) is 25.3 Å². The zero-order valence-corrected chi connectivity index (χ0v) is 14.6. The quantitative estimate of drug-likeness (QED) is 0.819. The molecule has 1 spiro atoms. The maximum Gasteiger partial charge on any atom is 0.165 e. The summed E-state index contributed by atoms with van der Waals surface area (Å²) in [6.45, 7) is 5.56. The normalized spacial score (nSPS) is 41.1. The number of nitrogens with zero attached hydrogens (tertiary/aromatic N) is 1. The Bertz CT molecular complexity index is 749. The number of aromatic hydroxyl groups is 1. The Labute approximate surface area is 147 Å². The Morgan fingerprint density at radius 3 is 3.04 bits per heavy atom. The van der Waals surface area contributed by atoms with Crippen LogP contribution in [0.15, 0.2) is 24.8 Å². The van der Waals surface area contributed by atoms with Crippen LogP contribution in [0, 0.1) is 0 Å². The third-order valence-electron chi connectivity index (χ3n) is 7.19. The summed E-state index contributed by atoms with van der Waals surface area (Å²) in [5.74, 6) is 0.743. The first-order chi connectivity index (χ1) is 12.1. The number of hydrogen-bond donors (Lipinski definition) is 2. The first kappa shape index (κ1) is 15.7. The highest BCUT2D eigenvalue weighted by atomic mass is 16.5. The number of piperidine rings is 1. The molecule has 5 heteroatoms. The lowest BCUT2D eigenvalue weighted by molar-refractivity contribution is -0.210. The Balaban J connectivity index is 1.76. The highest BCUT2D eigenvalue weighted by Gasteiger charge is 2.72. The lowest BCUT2D eigenvalue weighted by atomic mass is 9.48. The van der Waals surface area contributed by atoms with Crippen LogP contribution >= 0.6 is 0 Å². The van der Waals surface area contributed by atoms with E-state index in [1.165, 1.54) is 5.56 Å². The number of aliphatic hydroxyl groups is 1. The van der Waals surface area contributed by atoms with E-state index in [1.807, 2.05) is 12.1 Å². The second-order valence-corrected chi connectivity index (χ2v) is 7.95. The van der Waals surface area contributed by atoms with Crippen LogP contribution < -0.4 is 4.74 Å². The van der Waals surface area contributed by atoms with Crippen molar-refractivity contribution in [3.63, 3.8) is 0 Å². The summed E-state index contributed by atoms with van der Waals surface area (Å²) in [6.07, 6.45) is 4.66. The molecule has 5 atom stereocenters. The van der Waals surface area contributed by atoms with E-state index in [9.17, 15) is 10.2 Å². The zero-order valence-electron chi connectivity index (χ0n) is 14.6. The summed E-state index contributed by atoms with van der Waals surface area (Å²) in [6, 6.07) is 3.77. The summed E-state index contributed by atoms with van der Waals surface area (Å²) in [7, 11) is 1.71. The fourth-order valence-corrected chi connectivity index (χ4v) is 6.21. The van der Waals surface area contributed by atoms with Gasteiger partial charge in [0.1, 0.15) is 6.10 Å². The molecule has 1 aromatic carbocycles. The monoisotopic (exact) mass is 343 g/mol. The molecule has 0 aromatic heterocycles. The van der Waals surface area contributed by atoms with E-state index in [0.717, 1.165) is 37.9 Å². The molecule has 5 rings (SSSR count). The second-order valence-electron chi connectivity index (χ2n) is 7.95. The van der Waals surface area contributed by atoms with Crippen LogP contribution in [0.1, 0.15) is 30.4 Å². The predicted molar refractivity (Wildman–Crippen MR) is 93.1 cm³/mol. The SMILES string of the molecule is C=CCN1CC[C@]23c4c5ccc(O)c4OC2C(OC)CC[C@@]3(O)C1C5. The van der Waals surface area contributed by atoms with Crippen LogP contribution in [0.5, 0.6) is 11.5 Å². The Hall–Kier alpha value is -1.56. The summed E-state index contributed by atoms with van der Waals surface area (Å²) >= 11 is 0. The standard InChI is InChI=1S/C20H25NO4/c1-3-9-21-10-8-19-16-12-4-5-13(22)17(16)25-18(19)14(24-2)6-7-20(19,23)15(21)11-12/h3-5,14-15,18,22-23H,1,6-11H2,2H3/t14?,15?,18?,19-,20+/m0/s1. The average Bonchev–Trinajstić information content (AvgIpc) is 2.95. The summed E-state index contributed by atoms with van der Waals surface area (Å²) < 4.78 is 12.0. The summed E-state index contributed by atoms with van der Waals surface area (Å²) in [4.78, 5) is 2.36. The van der Waals surface area contributed by atoms with Crippen molar-refractivity contribution in [1.82, 2.24) is 4.90 Å². The predicted octanol–water partition coefficient (Wildman–Crippen LogP) is 1.75. The van der Waals surface area contributed by atoms with Gasteiger partial charge < -0.3 is 19.7 Å². The van der Waals surface area contributed by atoms with Gasteiger partial charge in [-0.15, -0.1) is 6.58 Å². The third kappa shape index (κ3) is 1.65. The fourth-order valence-electron chi connectivity index (χ4n) is 6.21. The van der Waals surface area contributed by atoms with Crippen molar-refractivity contribution in [3.8, 4) is 11.5 Å². The van der Waals surface area contributed by atoms with E-state index in [1.54, 1.807) is 13.2 Å². The number of ether oxygens (including phenoxy) is 2. The van der Waals surface area contributed by atoms with Crippen molar-refractivity contribution < 1.29 is 19.7 Å². The van der Waals surface area contributed by atoms with Gasteiger partial charge in [-0.1, -0.05) is 12.1 Å². The minimum atomic E-state index is -0.861. The van der Waals surface area contributed by atoms with Gasteiger partial charge in [0.25, 0.3) is 0 Å². The number of methoxy groups -OCH3 is 1. The minimum Gasteiger partial charge on any atom is -0.504 e. The van der Waals surface area contributed by atoms with Crippen molar-refractivity contribution in [2.45, 2.75) is 54.9 Å². The van der Waals surface area contributed by atoms with Gasteiger partial charge in [-0.25, -0.2) is 0 Å². The van der Waals surface area contributed by atoms with Crippen molar-refractivity contribution in [2.75, 3.05) is 20.2 Å². The number of hydrogen-bond acceptors (Lipinski definition) is 5. The van der Waals surface area contributed by atoms with Gasteiger partial charge in [-0.05, 0) is 43.9 Å². The lowest BCUT2D eigenvalue weighted by Crippen LogP contribution is -2.77. The molecule has 2 aliphatic carbocycles. The Morgan fingerprint density at radius 2 is 2.28 bits per heavy atom. The molecule has 25 heavy (non-hydrogen) atoms. The average molecular weight is 343 g/mol. The molecule has 4 aliphatic rings. The smallest absolute Gasteiger partial charge is 0.165 e. The maximum absolute atomic E-state index is 12.0. The number of rotatable bonds is 3. The molecule has 1 saturated carbocycles. The maximum atomic E-state index is 12.0. The molecule has 1 aromatic rings. The lowest BCUT2D eigenvalue weighted by Gasteiger charge is -2.63. The van der Waals surface area contributed by atoms with E-state index in [0.29, 0.717) is 12.2 Å². The molecule has 3 unspecified atom stereocenters. The molecule has 5 nitrogen and oxygen atoms in total. The zero-order chi connectivity index (χ0) is 17.4. The molecule has 134 valence electrons. The summed E-state index contributed by atoms with van der Waals surface area (Å²) in [5, 5.41) is 22.4. The highest BCUT2D eigenvalue weighted by molar-refractivity contribution is 5.62. The van der Waals surface area contributed by atoms with Gasteiger partial charge in [0.05, 0.1) is 17.1 Å². The van der Waals surface area contributed by atoms with Gasteiger partial charge >= 0.3 is 0 Å². The van der Waals surface area contributed by atoms with E-state index in [4.69, 9.17) is 9.47 Å². The second kappa shape index (κ2) is 5.00. The van der Waals surface area contributed by atoms with Gasteiger partial charge in [0.2, 0.25) is 0 Å². The van der Waals surface area contributed by atoms with Crippen molar-refractivity contribution in [3.05, 3.63) is 35.9 Å². The van der Waals surface area contributed by atoms with Crippen LogP contribution in [0.2, 0.25) is 0 Å². The van der Waals surface area contributed by atoms with Crippen LogP contribution in [-0.4, -0.2) is 59.2 Å². The molecule has 2 bridgehead atoms. The van der Waals surface area contributed by atoms with E-state index in [-0.39, 0.29) is 24.0 Å². The van der Waals surface area contributed by atoms with Gasteiger partial charge in [-0.3, -0.25) is 4.90 Å². The van der Waals surface area contributed by atoms with Gasteiger partial charge in [-0.2, -0.15) is 0 Å². The number of likely N-dealkylation sites (tertiary alicyclic amines) is 1. The molecule has 2 N–H and O–H groups in total. The first-order valence-electron chi connectivity index (χ1n) is 9.19. The van der Waals surface area contributed by atoms with Crippen LogP contribution in [0.25, 0.3) is 0 Å². The van der Waals surface area contributed by atoms with Crippen molar-refractivity contribution in [2.24, 2.45) is 0 Å². The van der Waals surface area contributed by atoms with E-state index >= 15 is 0 Å².